The molecule has 0 amide bonds. The molecule has 1 unspecified atom stereocenters. The fourth-order valence-corrected chi connectivity index (χ4v) is 5.77. The third-order valence-electron chi connectivity index (χ3n) is 5.73. The van der Waals surface area contributed by atoms with E-state index < -0.39 is 51.6 Å². The lowest BCUT2D eigenvalue weighted by Gasteiger charge is -2.40. The molecule has 0 aliphatic heterocycles. The molecule has 3 rings (SSSR count). The maximum Gasteiger partial charge on any atom is 0.573 e. The number of rotatable bonds is 11. The molecule has 212 valence electrons. The SMILES string of the molecule is CCCS(=O)(=O)NCC(c1cccc(OC(F)(F)F)c1)(c1cccc(OC(F)(F)F)c1)C(Cl)c1ccccc1. The zero-order chi connectivity index (χ0) is 28.9. The number of hydrogen-bond donors (Lipinski definition) is 1. The zero-order valence-electron chi connectivity index (χ0n) is 20.4. The van der Waals surface area contributed by atoms with E-state index in [4.69, 9.17) is 11.6 Å². The maximum absolute atomic E-state index is 13.1. The molecule has 0 aliphatic carbocycles. The van der Waals surface area contributed by atoms with Gasteiger partial charge in [-0.05, 0) is 47.4 Å². The number of benzene rings is 3. The van der Waals surface area contributed by atoms with Crippen molar-refractivity contribution in [2.45, 2.75) is 36.9 Å². The standard InChI is InChI=1S/C26H24ClF6NO4S/c1-2-14-39(35,36)34-17-24(23(27)18-8-4-3-5-9-18,19-10-6-12-21(15-19)37-25(28,29)30)20-11-7-13-22(16-20)38-26(31,32)33/h3-13,15-16,23,34H,2,14,17H2,1H3. The summed E-state index contributed by atoms with van der Waals surface area (Å²) in [6, 6.07) is 17.6. The minimum Gasteiger partial charge on any atom is -0.406 e. The zero-order valence-corrected chi connectivity index (χ0v) is 22.0. The molecule has 0 saturated carbocycles. The van der Waals surface area contributed by atoms with Crippen molar-refractivity contribution in [2.24, 2.45) is 0 Å². The minimum absolute atomic E-state index is 0.0523. The summed E-state index contributed by atoms with van der Waals surface area (Å²) >= 11 is 7.01. The van der Waals surface area contributed by atoms with E-state index in [1.165, 1.54) is 24.3 Å². The summed E-state index contributed by atoms with van der Waals surface area (Å²) in [5, 5.41) is -1.19. The van der Waals surface area contributed by atoms with Gasteiger partial charge in [-0.1, -0.05) is 61.5 Å². The normalized spacial score (nSPS) is 13.6. The lowest BCUT2D eigenvalue weighted by molar-refractivity contribution is -0.275. The van der Waals surface area contributed by atoms with Crippen LogP contribution in [-0.2, 0) is 15.4 Å². The number of nitrogens with one attached hydrogen (secondary N) is 1. The lowest BCUT2D eigenvalue weighted by atomic mass is 9.70. The second-order valence-electron chi connectivity index (χ2n) is 8.54. The Kier molecular flexibility index (Phi) is 9.45. The van der Waals surface area contributed by atoms with E-state index in [0.717, 1.165) is 24.3 Å². The number of sulfonamides is 1. The molecule has 0 aromatic heterocycles. The Morgan fingerprint density at radius 3 is 1.72 bits per heavy atom. The van der Waals surface area contributed by atoms with E-state index in [0.29, 0.717) is 5.56 Å². The van der Waals surface area contributed by atoms with Gasteiger partial charge in [0.25, 0.3) is 0 Å². The van der Waals surface area contributed by atoms with Gasteiger partial charge in [0.1, 0.15) is 11.5 Å². The molecule has 3 aromatic rings. The van der Waals surface area contributed by atoms with Gasteiger partial charge in [0.05, 0.1) is 16.5 Å². The Balaban J connectivity index is 2.32. The Hall–Kier alpha value is -2.96. The molecule has 0 bridgehead atoms. The Morgan fingerprint density at radius 1 is 0.795 bits per heavy atom. The van der Waals surface area contributed by atoms with E-state index >= 15 is 0 Å². The van der Waals surface area contributed by atoms with E-state index in [9.17, 15) is 34.8 Å². The molecule has 0 spiro atoms. The van der Waals surface area contributed by atoms with Gasteiger partial charge in [-0.2, -0.15) is 0 Å². The number of alkyl halides is 7. The highest BCUT2D eigenvalue weighted by atomic mass is 35.5. The van der Waals surface area contributed by atoms with E-state index in [1.807, 2.05) is 0 Å². The third kappa shape index (κ3) is 8.26. The van der Waals surface area contributed by atoms with Crippen molar-refractivity contribution in [3.8, 4) is 11.5 Å². The fraction of sp³-hybridized carbons (Fsp3) is 0.308. The minimum atomic E-state index is -5.04. The van der Waals surface area contributed by atoms with Gasteiger partial charge >= 0.3 is 12.7 Å². The van der Waals surface area contributed by atoms with Crippen molar-refractivity contribution < 1.29 is 44.2 Å². The molecular weight excluding hydrogens is 572 g/mol. The first-order valence-corrected chi connectivity index (χ1v) is 13.6. The van der Waals surface area contributed by atoms with Gasteiger partial charge in [0.2, 0.25) is 10.0 Å². The molecule has 0 fully saturated rings. The monoisotopic (exact) mass is 595 g/mol. The first kappa shape index (κ1) is 30.6. The summed E-state index contributed by atoms with van der Waals surface area (Å²) in [6.07, 6.45) is -9.82. The van der Waals surface area contributed by atoms with Crippen molar-refractivity contribution in [1.82, 2.24) is 4.72 Å². The molecule has 0 saturated heterocycles. The highest BCUT2D eigenvalue weighted by Crippen LogP contribution is 2.48. The van der Waals surface area contributed by atoms with Gasteiger partial charge in [-0.15, -0.1) is 37.9 Å². The van der Waals surface area contributed by atoms with E-state index in [-0.39, 0.29) is 23.3 Å². The van der Waals surface area contributed by atoms with Gasteiger partial charge in [-0.3, -0.25) is 0 Å². The van der Waals surface area contributed by atoms with Crippen LogP contribution < -0.4 is 14.2 Å². The van der Waals surface area contributed by atoms with Crippen LogP contribution in [0.4, 0.5) is 26.3 Å². The average Bonchev–Trinajstić information content (AvgIpc) is 2.83. The summed E-state index contributed by atoms with van der Waals surface area (Å²) in [4.78, 5) is 0. The fourth-order valence-electron chi connectivity index (χ4n) is 4.17. The molecule has 5 nitrogen and oxygen atoms in total. The van der Waals surface area contributed by atoms with Crippen LogP contribution in [0.3, 0.4) is 0 Å². The van der Waals surface area contributed by atoms with E-state index in [2.05, 4.69) is 14.2 Å². The van der Waals surface area contributed by atoms with Crippen LogP contribution in [0, 0.1) is 0 Å². The van der Waals surface area contributed by atoms with Gasteiger partial charge in [-0.25, -0.2) is 13.1 Å². The Labute approximate surface area is 226 Å². The van der Waals surface area contributed by atoms with Crippen LogP contribution in [-0.4, -0.2) is 33.4 Å². The largest absolute Gasteiger partial charge is 0.573 e. The second-order valence-corrected chi connectivity index (χ2v) is 10.9. The molecule has 0 radical (unpaired) electrons. The van der Waals surface area contributed by atoms with Crippen LogP contribution in [0.25, 0.3) is 0 Å². The summed E-state index contributed by atoms with van der Waals surface area (Å²) in [5.41, 5.74) is -1.20. The summed E-state index contributed by atoms with van der Waals surface area (Å²) in [7, 11) is -3.91. The lowest BCUT2D eigenvalue weighted by Crippen LogP contribution is -2.45. The number of ether oxygens (including phenoxy) is 2. The average molecular weight is 596 g/mol. The predicted octanol–water partition coefficient (Wildman–Crippen LogP) is 7.08. The molecule has 39 heavy (non-hydrogen) atoms. The Bertz CT molecular complexity index is 1290. The van der Waals surface area contributed by atoms with Crippen LogP contribution >= 0.6 is 11.6 Å². The predicted molar refractivity (Wildman–Crippen MR) is 134 cm³/mol. The van der Waals surface area contributed by atoms with E-state index in [1.54, 1.807) is 37.3 Å². The van der Waals surface area contributed by atoms with Crippen molar-refractivity contribution in [2.75, 3.05) is 12.3 Å². The molecule has 3 aromatic carbocycles. The molecule has 0 aliphatic rings. The summed E-state index contributed by atoms with van der Waals surface area (Å²) < 4.78 is 114. The number of hydrogen-bond acceptors (Lipinski definition) is 4. The Morgan fingerprint density at radius 2 is 1.28 bits per heavy atom. The van der Waals surface area contributed by atoms with Gasteiger partial charge < -0.3 is 9.47 Å². The highest BCUT2D eigenvalue weighted by molar-refractivity contribution is 7.89. The molecule has 0 heterocycles. The van der Waals surface area contributed by atoms with Gasteiger partial charge in [0.15, 0.2) is 0 Å². The van der Waals surface area contributed by atoms with Crippen molar-refractivity contribution in [3.63, 3.8) is 0 Å². The first-order chi connectivity index (χ1) is 18.2. The van der Waals surface area contributed by atoms with Crippen molar-refractivity contribution in [1.29, 1.82) is 0 Å². The van der Waals surface area contributed by atoms with Crippen molar-refractivity contribution in [3.05, 3.63) is 95.6 Å². The van der Waals surface area contributed by atoms with Crippen LogP contribution in [0.1, 0.15) is 35.4 Å². The van der Waals surface area contributed by atoms with Crippen LogP contribution in [0.15, 0.2) is 78.9 Å². The quantitative estimate of drug-likeness (QED) is 0.190. The molecule has 13 heteroatoms. The van der Waals surface area contributed by atoms with Crippen LogP contribution in [0.2, 0.25) is 0 Å². The second kappa shape index (κ2) is 12.1. The topological polar surface area (TPSA) is 64.6 Å². The van der Waals surface area contributed by atoms with Crippen molar-refractivity contribution >= 4 is 21.6 Å². The van der Waals surface area contributed by atoms with Crippen LogP contribution in [0.5, 0.6) is 11.5 Å². The molecule has 1 atom stereocenters. The first-order valence-electron chi connectivity index (χ1n) is 11.5. The third-order valence-corrected chi connectivity index (χ3v) is 7.89. The molecular formula is C26H24ClF6NO4S. The summed E-state index contributed by atoms with van der Waals surface area (Å²) in [5.74, 6) is -1.52. The summed E-state index contributed by atoms with van der Waals surface area (Å²) in [6.45, 7) is 1.13. The van der Waals surface area contributed by atoms with Gasteiger partial charge in [0, 0.05) is 6.54 Å². The molecule has 1 N–H and O–H groups in total. The number of halogens is 7. The maximum atomic E-state index is 13.1. The highest BCUT2D eigenvalue weighted by Gasteiger charge is 2.44. The smallest absolute Gasteiger partial charge is 0.406 e.